The van der Waals surface area contributed by atoms with Gasteiger partial charge < -0.3 is 0 Å². The SMILES string of the molecule is O=C(N/N=C/c1ccccc1)Sc1ncn[nH]1. The average Bonchev–Trinajstić information content (AvgIpc) is 2.83. The molecule has 0 saturated carbocycles. The summed E-state index contributed by atoms with van der Waals surface area (Å²) in [5.74, 6) is 0. The first kappa shape index (κ1) is 11.3. The van der Waals surface area contributed by atoms with Gasteiger partial charge in [0.2, 0.25) is 0 Å². The van der Waals surface area contributed by atoms with E-state index in [9.17, 15) is 4.79 Å². The van der Waals surface area contributed by atoms with E-state index in [1.165, 1.54) is 6.33 Å². The highest BCUT2D eigenvalue weighted by Crippen LogP contribution is 2.10. The first-order chi connectivity index (χ1) is 8.34. The number of hydrazone groups is 1. The van der Waals surface area contributed by atoms with Crippen LogP contribution < -0.4 is 5.43 Å². The Morgan fingerprint density at radius 3 is 2.94 bits per heavy atom. The number of H-pyrrole nitrogens is 1. The van der Waals surface area contributed by atoms with Gasteiger partial charge in [0, 0.05) is 11.8 Å². The number of benzene rings is 1. The molecule has 17 heavy (non-hydrogen) atoms. The maximum atomic E-state index is 11.4. The van der Waals surface area contributed by atoms with Crippen LogP contribution in [-0.4, -0.2) is 26.6 Å². The van der Waals surface area contributed by atoms with Crippen molar-refractivity contribution >= 4 is 23.2 Å². The van der Waals surface area contributed by atoms with Gasteiger partial charge in [0.15, 0.2) is 5.16 Å². The first-order valence-electron chi connectivity index (χ1n) is 4.76. The summed E-state index contributed by atoms with van der Waals surface area (Å²) < 4.78 is 0. The molecule has 0 aliphatic carbocycles. The largest absolute Gasteiger partial charge is 0.306 e. The van der Waals surface area contributed by atoms with Gasteiger partial charge in [-0.25, -0.2) is 10.4 Å². The van der Waals surface area contributed by atoms with Crippen LogP contribution in [0.1, 0.15) is 5.56 Å². The van der Waals surface area contributed by atoms with Crippen LogP contribution in [0.15, 0.2) is 46.9 Å². The summed E-state index contributed by atoms with van der Waals surface area (Å²) >= 11 is 0.892. The molecule has 0 fully saturated rings. The molecule has 0 aliphatic heterocycles. The molecule has 7 heteroatoms. The number of nitrogens with zero attached hydrogens (tertiary/aromatic N) is 3. The van der Waals surface area contributed by atoms with Crippen molar-refractivity contribution in [2.45, 2.75) is 5.16 Å². The monoisotopic (exact) mass is 247 g/mol. The molecule has 86 valence electrons. The molecule has 2 rings (SSSR count). The maximum absolute atomic E-state index is 11.4. The van der Waals surface area contributed by atoms with Crippen LogP contribution in [-0.2, 0) is 0 Å². The lowest BCUT2D eigenvalue weighted by Crippen LogP contribution is -2.11. The molecule has 1 aromatic carbocycles. The Kier molecular flexibility index (Phi) is 3.87. The summed E-state index contributed by atoms with van der Waals surface area (Å²) in [6.45, 7) is 0. The normalized spacial score (nSPS) is 10.6. The van der Waals surface area contributed by atoms with Gasteiger partial charge in [-0.3, -0.25) is 9.89 Å². The molecule has 2 N–H and O–H groups in total. The van der Waals surface area contributed by atoms with E-state index in [0.717, 1.165) is 17.3 Å². The van der Waals surface area contributed by atoms with Crippen molar-refractivity contribution in [1.29, 1.82) is 0 Å². The van der Waals surface area contributed by atoms with Crippen LogP contribution in [0.3, 0.4) is 0 Å². The third kappa shape index (κ3) is 3.72. The molecule has 1 aromatic heterocycles. The van der Waals surface area contributed by atoms with Crippen molar-refractivity contribution in [2.75, 3.05) is 0 Å². The Hall–Kier alpha value is -2.15. The summed E-state index contributed by atoms with van der Waals surface area (Å²) in [6.07, 6.45) is 2.90. The van der Waals surface area contributed by atoms with Gasteiger partial charge in [0.05, 0.1) is 6.21 Å². The minimum atomic E-state index is -0.325. The zero-order chi connectivity index (χ0) is 11.9. The number of rotatable bonds is 3. The van der Waals surface area contributed by atoms with E-state index in [1.807, 2.05) is 30.3 Å². The fraction of sp³-hybridized carbons (Fsp3) is 0. The highest BCUT2D eigenvalue weighted by Gasteiger charge is 2.04. The lowest BCUT2D eigenvalue weighted by molar-refractivity contribution is 0.261. The molecule has 0 spiro atoms. The van der Waals surface area contributed by atoms with Crippen molar-refractivity contribution in [3.05, 3.63) is 42.2 Å². The second kappa shape index (κ2) is 5.80. The first-order valence-corrected chi connectivity index (χ1v) is 5.57. The molecule has 1 amide bonds. The molecular weight excluding hydrogens is 238 g/mol. The number of nitrogens with one attached hydrogen (secondary N) is 2. The Labute approximate surface area is 102 Å². The maximum Gasteiger partial charge on any atom is 0.306 e. The zero-order valence-corrected chi connectivity index (χ0v) is 9.52. The van der Waals surface area contributed by atoms with E-state index in [1.54, 1.807) is 6.21 Å². The number of thioether (sulfide) groups is 1. The number of hydrogen-bond acceptors (Lipinski definition) is 5. The minimum absolute atomic E-state index is 0.325. The van der Waals surface area contributed by atoms with Gasteiger partial charge in [-0.05, 0) is 5.56 Å². The Balaban J connectivity index is 1.82. The van der Waals surface area contributed by atoms with E-state index >= 15 is 0 Å². The van der Waals surface area contributed by atoms with E-state index < -0.39 is 0 Å². The van der Waals surface area contributed by atoms with Gasteiger partial charge in [0.25, 0.3) is 0 Å². The molecular formula is C10H9N5OS. The van der Waals surface area contributed by atoms with Crippen LogP contribution in [0.2, 0.25) is 0 Å². The Bertz CT molecular complexity index is 497. The topological polar surface area (TPSA) is 83.0 Å². The van der Waals surface area contributed by atoms with E-state index in [4.69, 9.17) is 0 Å². The third-order valence-electron chi connectivity index (χ3n) is 1.75. The van der Waals surface area contributed by atoms with Crippen LogP contribution in [0.4, 0.5) is 4.79 Å². The summed E-state index contributed by atoms with van der Waals surface area (Å²) in [4.78, 5) is 15.2. The molecule has 0 saturated heterocycles. The fourth-order valence-corrected chi connectivity index (χ4v) is 1.52. The standard InChI is InChI=1S/C10H9N5OS/c16-10(17-9-11-7-13-14-9)15-12-6-8-4-2-1-3-5-8/h1-7H,(H,15,16)(H,11,13,14)/b12-6+. The van der Waals surface area contributed by atoms with Gasteiger partial charge in [-0.15, -0.1) is 0 Å². The fourth-order valence-electron chi connectivity index (χ4n) is 1.05. The molecule has 0 aliphatic rings. The summed E-state index contributed by atoms with van der Waals surface area (Å²) in [5, 5.41) is 10.1. The van der Waals surface area contributed by atoms with Crippen LogP contribution >= 0.6 is 11.8 Å². The minimum Gasteiger partial charge on any atom is -0.259 e. The number of hydrogen-bond donors (Lipinski definition) is 2. The molecule has 0 unspecified atom stereocenters. The van der Waals surface area contributed by atoms with Crippen molar-refractivity contribution < 1.29 is 4.79 Å². The van der Waals surface area contributed by atoms with Crippen molar-refractivity contribution in [3.63, 3.8) is 0 Å². The summed E-state index contributed by atoms with van der Waals surface area (Å²) in [6, 6.07) is 9.48. The average molecular weight is 247 g/mol. The number of carbonyl (C=O) groups excluding carboxylic acids is 1. The van der Waals surface area contributed by atoms with Crippen LogP contribution in [0, 0.1) is 0 Å². The molecule has 0 bridgehead atoms. The molecule has 2 aromatic rings. The van der Waals surface area contributed by atoms with Gasteiger partial charge in [-0.1, -0.05) is 30.3 Å². The highest BCUT2D eigenvalue weighted by molar-refractivity contribution is 8.13. The second-order valence-electron chi connectivity index (χ2n) is 2.96. The molecule has 0 radical (unpaired) electrons. The van der Waals surface area contributed by atoms with Gasteiger partial charge in [0.1, 0.15) is 6.33 Å². The zero-order valence-electron chi connectivity index (χ0n) is 8.70. The van der Waals surface area contributed by atoms with Crippen molar-refractivity contribution in [3.8, 4) is 0 Å². The molecule has 1 heterocycles. The Morgan fingerprint density at radius 1 is 1.41 bits per heavy atom. The van der Waals surface area contributed by atoms with E-state index in [0.29, 0.717) is 5.16 Å². The number of aromatic nitrogens is 3. The van der Waals surface area contributed by atoms with E-state index in [2.05, 4.69) is 25.7 Å². The van der Waals surface area contributed by atoms with Gasteiger partial charge in [-0.2, -0.15) is 10.2 Å². The quantitative estimate of drug-likeness (QED) is 0.490. The van der Waals surface area contributed by atoms with E-state index in [-0.39, 0.29) is 5.24 Å². The number of aromatic amines is 1. The van der Waals surface area contributed by atoms with Crippen molar-refractivity contribution in [2.24, 2.45) is 5.10 Å². The van der Waals surface area contributed by atoms with Crippen LogP contribution in [0.5, 0.6) is 0 Å². The lowest BCUT2D eigenvalue weighted by atomic mass is 10.2. The van der Waals surface area contributed by atoms with Crippen molar-refractivity contribution in [1.82, 2.24) is 20.6 Å². The smallest absolute Gasteiger partial charge is 0.259 e. The van der Waals surface area contributed by atoms with Gasteiger partial charge >= 0.3 is 5.24 Å². The number of carbonyl (C=O) groups is 1. The van der Waals surface area contributed by atoms with Crippen LogP contribution in [0.25, 0.3) is 0 Å². The highest BCUT2D eigenvalue weighted by atomic mass is 32.2. The third-order valence-corrected chi connectivity index (χ3v) is 2.42. The lowest BCUT2D eigenvalue weighted by Gasteiger charge is -1.95. The molecule has 0 atom stereocenters. The predicted octanol–water partition coefficient (Wildman–Crippen LogP) is 1.64. The second-order valence-corrected chi connectivity index (χ2v) is 3.92. The Morgan fingerprint density at radius 2 is 2.24 bits per heavy atom. The molecule has 6 nitrogen and oxygen atoms in total. The summed E-state index contributed by atoms with van der Waals surface area (Å²) in [7, 11) is 0. The predicted molar refractivity (Wildman–Crippen MR) is 64.8 cm³/mol. The number of amides is 1. The summed E-state index contributed by atoms with van der Waals surface area (Å²) in [5.41, 5.74) is 3.29.